The van der Waals surface area contributed by atoms with Crippen LogP contribution in [-0.2, 0) is 16.2 Å². The third-order valence-electron chi connectivity index (χ3n) is 5.12. The van der Waals surface area contributed by atoms with Crippen LogP contribution in [0.25, 0.3) is 11.3 Å². The molecular formula is C21H17Cl2F3N4O2S. The Hall–Kier alpha value is -2.40. The summed E-state index contributed by atoms with van der Waals surface area (Å²) in [6.07, 6.45) is -2.99. The van der Waals surface area contributed by atoms with Gasteiger partial charge < -0.3 is 4.90 Å². The van der Waals surface area contributed by atoms with Gasteiger partial charge in [-0.2, -0.15) is 17.5 Å². The van der Waals surface area contributed by atoms with E-state index in [0.717, 1.165) is 12.1 Å². The van der Waals surface area contributed by atoms with E-state index >= 15 is 0 Å². The van der Waals surface area contributed by atoms with Gasteiger partial charge in [0.1, 0.15) is 0 Å². The van der Waals surface area contributed by atoms with E-state index in [1.807, 2.05) is 0 Å². The third-order valence-corrected chi connectivity index (χ3v) is 7.44. The molecule has 0 radical (unpaired) electrons. The molecule has 174 valence electrons. The van der Waals surface area contributed by atoms with Gasteiger partial charge in [-0.15, -0.1) is 0 Å². The van der Waals surface area contributed by atoms with Crippen molar-refractivity contribution in [3.05, 3.63) is 70.3 Å². The summed E-state index contributed by atoms with van der Waals surface area (Å²) in [6.45, 7) is 0.951. The molecule has 3 aromatic rings. The van der Waals surface area contributed by atoms with E-state index in [2.05, 4.69) is 9.97 Å². The van der Waals surface area contributed by atoms with Crippen molar-refractivity contribution in [3.8, 4) is 11.3 Å². The molecule has 2 heterocycles. The molecule has 4 rings (SSSR count). The smallest absolute Gasteiger partial charge is 0.338 e. The SMILES string of the molecule is O=S(=O)(c1cc(Cl)cc(Cl)c1)N1CCN(c2nccc(-c3cccc(C(F)(F)F)c3)n2)CC1. The molecule has 1 aliphatic heterocycles. The van der Waals surface area contributed by atoms with E-state index < -0.39 is 21.8 Å². The fraction of sp³-hybridized carbons (Fsp3) is 0.238. The lowest BCUT2D eigenvalue weighted by atomic mass is 10.1. The van der Waals surface area contributed by atoms with Gasteiger partial charge >= 0.3 is 6.18 Å². The summed E-state index contributed by atoms with van der Waals surface area (Å²) in [5.41, 5.74) is -0.109. The molecule has 0 atom stereocenters. The Morgan fingerprint density at radius 2 is 1.58 bits per heavy atom. The van der Waals surface area contributed by atoms with Gasteiger partial charge in [-0.25, -0.2) is 18.4 Å². The highest BCUT2D eigenvalue weighted by molar-refractivity contribution is 7.89. The van der Waals surface area contributed by atoms with Crippen LogP contribution in [0.3, 0.4) is 0 Å². The van der Waals surface area contributed by atoms with E-state index in [4.69, 9.17) is 23.2 Å². The highest BCUT2D eigenvalue weighted by Crippen LogP contribution is 2.32. The molecule has 0 amide bonds. The average molecular weight is 517 g/mol. The monoisotopic (exact) mass is 516 g/mol. The molecule has 33 heavy (non-hydrogen) atoms. The standard InChI is InChI=1S/C21H17Cl2F3N4O2S/c22-16-11-17(23)13-18(12-16)33(31,32)30-8-6-29(7-9-30)20-27-5-4-19(28-20)14-2-1-3-15(10-14)21(24,25)26/h1-5,10-13H,6-9H2. The minimum Gasteiger partial charge on any atom is -0.338 e. The largest absolute Gasteiger partial charge is 0.416 e. The highest BCUT2D eigenvalue weighted by atomic mass is 35.5. The Labute approximate surface area is 198 Å². The van der Waals surface area contributed by atoms with Crippen molar-refractivity contribution >= 4 is 39.2 Å². The van der Waals surface area contributed by atoms with Crippen molar-refractivity contribution in [2.24, 2.45) is 0 Å². The van der Waals surface area contributed by atoms with Gasteiger partial charge in [0.2, 0.25) is 16.0 Å². The summed E-state index contributed by atoms with van der Waals surface area (Å²) >= 11 is 11.9. The van der Waals surface area contributed by atoms with Crippen LogP contribution in [0.5, 0.6) is 0 Å². The first-order chi connectivity index (χ1) is 15.5. The molecule has 0 unspecified atom stereocenters. The minimum atomic E-state index is -4.46. The highest BCUT2D eigenvalue weighted by Gasteiger charge is 2.31. The van der Waals surface area contributed by atoms with E-state index in [9.17, 15) is 21.6 Å². The van der Waals surface area contributed by atoms with Crippen LogP contribution in [-0.4, -0.2) is 48.9 Å². The van der Waals surface area contributed by atoms with Crippen molar-refractivity contribution in [2.75, 3.05) is 31.1 Å². The predicted molar refractivity (Wildman–Crippen MR) is 120 cm³/mol. The van der Waals surface area contributed by atoms with E-state index in [0.29, 0.717) is 30.3 Å². The molecule has 0 aliphatic carbocycles. The van der Waals surface area contributed by atoms with Crippen LogP contribution in [0.1, 0.15) is 5.56 Å². The lowest BCUT2D eigenvalue weighted by molar-refractivity contribution is -0.137. The van der Waals surface area contributed by atoms with Crippen LogP contribution in [0.4, 0.5) is 19.1 Å². The second-order valence-corrected chi connectivity index (χ2v) is 10.1. The molecule has 0 saturated carbocycles. The molecule has 0 N–H and O–H groups in total. The zero-order chi connectivity index (χ0) is 23.8. The molecule has 0 bridgehead atoms. The van der Waals surface area contributed by atoms with Crippen molar-refractivity contribution in [2.45, 2.75) is 11.1 Å². The van der Waals surface area contributed by atoms with E-state index in [1.165, 1.54) is 40.8 Å². The number of aromatic nitrogens is 2. The van der Waals surface area contributed by atoms with Gasteiger partial charge in [0.25, 0.3) is 0 Å². The minimum absolute atomic E-state index is 0.0104. The Balaban J connectivity index is 1.51. The predicted octanol–water partition coefficient (Wildman–Crippen LogP) is 4.98. The zero-order valence-corrected chi connectivity index (χ0v) is 19.3. The molecule has 0 spiro atoms. The van der Waals surface area contributed by atoms with Crippen molar-refractivity contribution < 1.29 is 21.6 Å². The summed E-state index contributed by atoms with van der Waals surface area (Å²) in [6, 6.07) is 10.6. The fourth-order valence-electron chi connectivity index (χ4n) is 3.47. The maximum absolute atomic E-state index is 13.0. The normalized spacial score (nSPS) is 15.6. The van der Waals surface area contributed by atoms with Gasteiger partial charge in [-0.1, -0.05) is 35.3 Å². The summed E-state index contributed by atoms with van der Waals surface area (Å²) in [5, 5.41) is 0.444. The second kappa shape index (κ2) is 9.09. The second-order valence-electron chi connectivity index (χ2n) is 7.32. The van der Waals surface area contributed by atoms with Crippen molar-refractivity contribution in [3.63, 3.8) is 0 Å². The van der Waals surface area contributed by atoms with Crippen molar-refractivity contribution in [1.82, 2.24) is 14.3 Å². The molecule has 1 saturated heterocycles. The van der Waals surface area contributed by atoms with E-state index in [-0.39, 0.29) is 28.0 Å². The topological polar surface area (TPSA) is 66.4 Å². The van der Waals surface area contributed by atoms with Crippen LogP contribution in [0, 0.1) is 0 Å². The number of hydrogen-bond donors (Lipinski definition) is 0. The molecular weight excluding hydrogens is 500 g/mol. The summed E-state index contributed by atoms with van der Waals surface area (Å²) < 4.78 is 66.4. The molecule has 12 heteroatoms. The number of hydrogen-bond acceptors (Lipinski definition) is 5. The summed E-state index contributed by atoms with van der Waals surface area (Å²) in [5.74, 6) is 0.313. The number of halogens is 5. The van der Waals surface area contributed by atoms with Crippen LogP contribution < -0.4 is 4.90 Å². The first kappa shape index (κ1) is 23.7. The number of anilines is 1. The van der Waals surface area contributed by atoms with Gasteiger partial charge in [-0.05, 0) is 36.4 Å². The number of alkyl halides is 3. The van der Waals surface area contributed by atoms with E-state index in [1.54, 1.807) is 11.0 Å². The first-order valence-corrected chi connectivity index (χ1v) is 12.0. The molecule has 6 nitrogen and oxygen atoms in total. The Kier molecular flexibility index (Phi) is 6.54. The summed E-state index contributed by atoms with van der Waals surface area (Å²) in [4.78, 5) is 10.4. The van der Waals surface area contributed by atoms with Gasteiger partial charge in [-0.3, -0.25) is 0 Å². The number of nitrogens with zero attached hydrogens (tertiary/aromatic N) is 4. The van der Waals surface area contributed by atoms with Crippen LogP contribution >= 0.6 is 23.2 Å². The lowest BCUT2D eigenvalue weighted by Gasteiger charge is -2.34. The third kappa shape index (κ3) is 5.24. The Bertz CT molecular complexity index is 1260. The maximum Gasteiger partial charge on any atom is 0.416 e. The number of sulfonamides is 1. The Morgan fingerprint density at radius 1 is 0.909 bits per heavy atom. The van der Waals surface area contributed by atoms with Gasteiger partial charge in [0.05, 0.1) is 16.2 Å². The van der Waals surface area contributed by atoms with Gasteiger partial charge in [0, 0.05) is 48.0 Å². The molecule has 1 fully saturated rings. The molecule has 1 aromatic heterocycles. The summed E-state index contributed by atoms with van der Waals surface area (Å²) in [7, 11) is -3.79. The van der Waals surface area contributed by atoms with Crippen LogP contribution in [0.15, 0.2) is 59.6 Å². The Morgan fingerprint density at radius 3 is 2.21 bits per heavy atom. The fourth-order valence-corrected chi connectivity index (χ4v) is 5.62. The lowest BCUT2D eigenvalue weighted by Crippen LogP contribution is -2.49. The zero-order valence-electron chi connectivity index (χ0n) is 16.9. The molecule has 1 aliphatic rings. The van der Waals surface area contributed by atoms with Crippen LogP contribution in [0.2, 0.25) is 10.0 Å². The molecule has 2 aromatic carbocycles. The number of piperazine rings is 1. The number of benzene rings is 2. The number of rotatable bonds is 4. The van der Waals surface area contributed by atoms with Gasteiger partial charge in [0.15, 0.2) is 0 Å². The van der Waals surface area contributed by atoms with Crippen molar-refractivity contribution in [1.29, 1.82) is 0 Å². The quantitative estimate of drug-likeness (QED) is 0.489. The maximum atomic E-state index is 13.0. The first-order valence-electron chi connectivity index (χ1n) is 9.76. The average Bonchev–Trinajstić information content (AvgIpc) is 2.78.